The Bertz CT molecular complexity index is 1250. The van der Waals surface area contributed by atoms with Crippen molar-refractivity contribution in [2.45, 2.75) is 69.6 Å². The largest absolute Gasteiger partial charge is 0.417 e. The van der Waals surface area contributed by atoms with Gasteiger partial charge >= 0.3 is 6.18 Å². The van der Waals surface area contributed by atoms with E-state index in [-0.39, 0.29) is 34.9 Å². The minimum absolute atomic E-state index is 0.00663. The van der Waals surface area contributed by atoms with Crippen LogP contribution >= 0.6 is 11.6 Å². The molecule has 228 valence electrons. The predicted octanol–water partition coefficient (Wildman–Crippen LogP) is 7.93. The minimum Gasteiger partial charge on any atom is -0.377 e. The van der Waals surface area contributed by atoms with Gasteiger partial charge in [-0.15, -0.1) is 0 Å². The summed E-state index contributed by atoms with van der Waals surface area (Å²) >= 11 is 6.36. The quantitative estimate of drug-likeness (QED) is 0.195. The molecular weight excluding hydrogens is 581 g/mol. The average Bonchev–Trinajstić information content (AvgIpc) is 3.44. The molecule has 0 N–H and O–H groups in total. The third-order valence-electron chi connectivity index (χ3n) is 7.86. The number of alkyl halides is 3. The number of nitrogens with zero attached hydrogens (tertiary/aromatic N) is 2. The van der Waals surface area contributed by atoms with Crippen molar-refractivity contribution in [3.8, 4) is 0 Å². The summed E-state index contributed by atoms with van der Waals surface area (Å²) < 4.78 is 61.7. The van der Waals surface area contributed by atoms with Crippen LogP contribution in [0.3, 0.4) is 0 Å². The van der Waals surface area contributed by atoms with E-state index in [0.29, 0.717) is 31.7 Å². The Kier molecular flexibility index (Phi) is 11.7. The van der Waals surface area contributed by atoms with Gasteiger partial charge in [-0.05, 0) is 56.4 Å². The molecule has 0 radical (unpaired) electrons. The fraction of sp³-hybridized carbons (Fsp3) is 0.455. The van der Waals surface area contributed by atoms with E-state index in [4.69, 9.17) is 16.3 Å². The van der Waals surface area contributed by atoms with Crippen LogP contribution in [-0.4, -0.2) is 57.1 Å². The molecule has 0 saturated carbocycles. The van der Waals surface area contributed by atoms with E-state index < -0.39 is 22.7 Å². The van der Waals surface area contributed by atoms with Crippen LogP contribution < -0.4 is 0 Å². The van der Waals surface area contributed by atoms with Crippen molar-refractivity contribution in [2.75, 3.05) is 26.2 Å². The molecule has 1 aliphatic rings. The van der Waals surface area contributed by atoms with E-state index in [0.717, 1.165) is 30.2 Å². The Morgan fingerprint density at radius 3 is 2.17 bits per heavy atom. The van der Waals surface area contributed by atoms with Crippen molar-refractivity contribution in [3.05, 3.63) is 106 Å². The molecule has 1 saturated heterocycles. The minimum atomic E-state index is -4.53. The summed E-state index contributed by atoms with van der Waals surface area (Å²) in [6.07, 6.45) is -2.98. The molecule has 1 aliphatic heterocycles. The van der Waals surface area contributed by atoms with Crippen molar-refractivity contribution in [1.29, 1.82) is 0 Å². The smallest absolute Gasteiger partial charge is 0.377 e. The van der Waals surface area contributed by atoms with Gasteiger partial charge in [0.25, 0.3) is 0 Å². The number of rotatable bonds is 13. The van der Waals surface area contributed by atoms with Crippen molar-refractivity contribution < 1.29 is 22.1 Å². The van der Waals surface area contributed by atoms with Crippen LogP contribution in [0.1, 0.15) is 61.8 Å². The molecule has 3 aromatic carbocycles. The van der Waals surface area contributed by atoms with Crippen molar-refractivity contribution in [2.24, 2.45) is 0 Å². The molecule has 0 aromatic heterocycles. The third kappa shape index (κ3) is 8.66. The van der Waals surface area contributed by atoms with Crippen LogP contribution in [0.4, 0.5) is 13.2 Å². The summed E-state index contributed by atoms with van der Waals surface area (Å²) in [7, 11) is -1.01. The number of benzene rings is 3. The van der Waals surface area contributed by atoms with Gasteiger partial charge in [0.2, 0.25) is 0 Å². The molecule has 4 nitrogen and oxygen atoms in total. The van der Waals surface area contributed by atoms with Crippen LogP contribution in [-0.2, 0) is 28.4 Å². The second-order valence-corrected chi connectivity index (χ2v) is 13.6. The topological polar surface area (TPSA) is 32.8 Å². The van der Waals surface area contributed by atoms with Crippen LogP contribution in [0.25, 0.3) is 0 Å². The first-order valence-electron chi connectivity index (χ1n) is 14.5. The highest BCUT2D eigenvalue weighted by Crippen LogP contribution is 2.37. The maximum Gasteiger partial charge on any atom is 0.417 e. The van der Waals surface area contributed by atoms with E-state index in [1.807, 2.05) is 54.6 Å². The molecule has 9 heteroatoms. The maximum atomic E-state index is 13.7. The van der Waals surface area contributed by atoms with Crippen LogP contribution in [0.2, 0.25) is 5.02 Å². The van der Waals surface area contributed by atoms with Gasteiger partial charge in [-0.1, -0.05) is 84.4 Å². The summed E-state index contributed by atoms with van der Waals surface area (Å²) in [4.78, 5) is 2.21. The highest BCUT2D eigenvalue weighted by molar-refractivity contribution is 7.83. The molecule has 0 bridgehead atoms. The fourth-order valence-electron chi connectivity index (χ4n) is 5.43. The molecule has 3 atom stereocenters. The SMILES string of the molecule is CC(C)S(=O)N1CC[C@@H](OCC[C@@H](C)N(Cc2cccc(C(F)(F)F)c2Cl)CC(c2ccccc2)c2ccccc2)C1. The number of hydrogen-bond donors (Lipinski definition) is 0. The highest BCUT2D eigenvalue weighted by atomic mass is 35.5. The first-order chi connectivity index (χ1) is 20.0. The zero-order valence-corrected chi connectivity index (χ0v) is 26.0. The van der Waals surface area contributed by atoms with E-state index in [1.165, 1.54) is 6.07 Å². The van der Waals surface area contributed by atoms with Gasteiger partial charge in [0.05, 0.1) is 27.7 Å². The second kappa shape index (κ2) is 15.0. The van der Waals surface area contributed by atoms with Gasteiger partial charge in [-0.25, -0.2) is 8.51 Å². The average molecular weight is 621 g/mol. The van der Waals surface area contributed by atoms with Crippen LogP contribution in [0, 0.1) is 0 Å². The van der Waals surface area contributed by atoms with E-state index >= 15 is 0 Å². The molecule has 0 aliphatic carbocycles. The normalized spacial score (nSPS) is 17.8. The Morgan fingerprint density at radius 1 is 0.976 bits per heavy atom. The predicted molar refractivity (Wildman–Crippen MR) is 165 cm³/mol. The molecule has 1 heterocycles. The monoisotopic (exact) mass is 620 g/mol. The first kappa shape index (κ1) is 32.7. The molecular formula is C33H40ClF3N2O2S. The standard InChI is InChI=1S/C33H40ClF3N2O2S/c1-24(2)42(40)39-19-17-29(22-39)41-20-18-25(3)38(21-28-15-10-16-31(32(28)34)33(35,36)37)23-30(26-11-6-4-7-12-26)27-13-8-5-9-14-27/h4-16,24-25,29-30H,17-23H2,1-3H3/t25-,29-,42?/m1/s1. The molecule has 1 unspecified atom stereocenters. The lowest BCUT2D eigenvalue weighted by atomic mass is 9.90. The van der Waals surface area contributed by atoms with Crippen LogP contribution in [0.15, 0.2) is 78.9 Å². The summed E-state index contributed by atoms with van der Waals surface area (Å²) in [6, 6.07) is 24.5. The Balaban J connectivity index is 1.54. The number of halogens is 4. The Labute approximate surface area is 255 Å². The summed E-state index contributed by atoms with van der Waals surface area (Å²) in [6.45, 7) is 8.75. The Hall–Kier alpha value is -2.23. The molecule has 1 fully saturated rings. The molecule has 4 rings (SSSR count). The maximum absolute atomic E-state index is 13.7. The molecule has 42 heavy (non-hydrogen) atoms. The second-order valence-electron chi connectivity index (χ2n) is 11.2. The summed E-state index contributed by atoms with van der Waals surface area (Å²) in [5, 5.41) is -0.180. The van der Waals surface area contributed by atoms with Gasteiger partial charge in [-0.3, -0.25) is 4.90 Å². The zero-order valence-electron chi connectivity index (χ0n) is 24.4. The summed E-state index contributed by atoms with van der Waals surface area (Å²) in [5.41, 5.74) is 1.90. The van der Waals surface area contributed by atoms with Gasteiger partial charge < -0.3 is 4.74 Å². The van der Waals surface area contributed by atoms with Crippen molar-refractivity contribution >= 4 is 22.6 Å². The van der Waals surface area contributed by atoms with E-state index in [2.05, 4.69) is 36.1 Å². The lowest BCUT2D eigenvalue weighted by molar-refractivity contribution is -0.137. The molecule has 0 amide bonds. The van der Waals surface area contributed by atoms with Gasteiger partial charge in [0, 0.05) is 50.0 Å². The van der Waals surface area contributed by atoms with Gasteiger partial charge in [-0.2, -0.15) is 13.2 Å². The number of hydrogen-bond acceptors (Lipinski definition) is 3. The number of ether oxygens (including phenoxy) is 1. The highest BCUT2D eigenvalue weighted by Gasteiger charge is 2.34. The van der Waals surface area contributed by atoms with Gasteiger partial charge in [0.1, 0.15) is 0 Å². The molecule has 0 spiro atoms. The van der Waals surface area contributed by atoms with Crippen molar-refractivity contribution in [1.82, 2.24) is 9.21 Å². The van der Waals surface area contributed by atoms with E-state index in [1.54, 1.807) is 6.07 Å². The lowest BCUT2D eigenvalue weighted by Gasteiger charge is -2.34. The Morgan fingerprint density at radius 2 is 1.60 bits per heavy atom. The van der Waals surface area contributed by atoms with Gasteiger partial charge in [0.15, 0.2) is 0 Å². The fourth-order valence-corrected chi connectivity index (χ4v) is 6.92. The lowest BCUT2D eigenvalue weighted by Crippen LogP contribution is -2.37. The zero-order chi connectivity index (χ0) is 30.3. The van der Waals surface area contributed by atoms with Crippen LogP contribution in [0.5, 0.6) is 0 Å². The third-order valence-corrected chi connectivity index (χ3v) is 9.95. The van der Waals surface area contributed by atoms with E-state index in [9.17, 15) is 17.4 Å². The first-order valence-corrected chi connectivity index (χ1v) is 16.0. The summed E-state index contributed by atoms with van der Waals surface area (Å²) in [5.74, 6) is 0.00902. The molecule has 3 aromatic rings. The van der Waals surface area contributed by atoms with Crippen molar-refractivity contribution in [3.63, 3.8) is 0 Å².